The molecule has 1 heterocycles. The SMILES string of the molecule is C=CCNC(=NCC(=O)N(C)C)NCCC1CCN(CC(F)(F)F)CC1. The van der Waals surface area contributed by atoms with Gasteiger partial charge in [-0.2, -0.15) is 13.2 Å². The molecule has 26 heavy (non-hydrogen) atoms. The Morgan fingerprint density at radius 3 is 2.50 bits per heavy atom. The first-order valence-corrected chi connectivity index (χ1v) is 8.83. The molecule has 6 nitrogen and oxygen atoms in total. The fourth-order valence-electron chi connectivity index (χ4n) is 2.71. The van der Waals surface area contributed by atoms with Gasteiger partial charge in [-0.15, -0.1) is 6.58 Å². The number of carbonyl (C=O) groups excluding carboxylic acids is 1. The third-order valence-electron chi connectivity index (χ3n) is 4.24. The Hall–Kier alpha value is -1.77. The van der Waals surface area contributed by atoms with Gasteiger partial charge in [0.2, 0.25) is 5.91 Å². The summed E-state index contributed by atoms with van der Waals surface area (Å²) >= 11 is 0. The summed E-state index contributed by atoms with van der Waals surface area (Å²) in [5.41, 5.74) is 0. The van der Waals surface area contributed by atoms with E-state index in [1.165, 1.54) is 9.80 Å². The smallest absolute Gasteiger partial charge is 0.356 e. The highest BCUT2D eigenvalue weighted by Crippen LogP contribution is 2.23. The average molecular weight is 377 g/mol. The summed E-state index contributed by atoms with van der Waals surface area (Å²) in [7, 11) is 3.35. The van der Waals surface area contributed by atoms with Crippen molar-refractivity contribution in [2.75, 3.05) is 53.4 Å². The zero-order valence-electron chi connectivity index (χ0n) is 15.6. The molecule has 150 valence electrons. The van der Waals surface area contributed by atoms with Crippen molar-refractivity contribution in [3.05, 3.63) is 12.7 Å². The van der Waals surface area contributed by atoms with Crippen molar-refractivity contribution in [2.24, 2.45) is 10.9 Å². The maximum atomic E-state index is 12.4. The second-order valence-electron chi connectivity index (χ2n) is 6.67. The van der Waals surface area contributed by atoms with E-state index in [4.69, 9.17) is 0 Å². The van der Waals surface area contributed by atoms with Gasteiger partial charge in [0, 0.05) is 27.2 Å². The summed E-state index contributed by atoms with van der Waals surface area (Å²) in [6, 6.07) is 0. The first-order chi connectivity index (χ1) is 12.2. The molecule has 0 aromatic heterocycles. The molecule has 1 amide bonds. The van der Waals surface area contributed by atoms with Gasteiger partial charge in [0.15, 0.2) is 5.96 Å². The van der Waals surface area contributed by atoms with Crippen molar-refractivity contribution in [3.63, 3.8) is 0 Å². The van der Waals surface area contributed by atoms with Crippen LogP contribution in [-0.2, 0) is 4.79 Å². The normalized spacial score (nSPS) is 17.0. The number of nitrogens with one attached hydrogen (secondary N) is 2. The highest BCUT2D eigenvalue weighted by atomic mass is 19.4. The van der Waals surface area contributed by atoms with E-state index < -0.39 is 12.7 Å². The molecule has 0 aromatic carbocycles. The van der Waals surface area contributed by atoms with Crippen LogP contribution in [0.4, 0.5) is 13.2 Å². The number of nitrogens with zero attached hydrogens (tertiary/aromatic N) is 3. The van der Waals surface area contributed by atoms with Gasteiger partial charge in [-0.1, -0.05) is 6.08 Å². The van der Waals surface area contributed by atoms with Crippen LogP contribution >= 0.6 is 0 Å². The van der Waals surface area contributed by atoms with Crippen LogP contribution in [0, 0.1) is 5.92 Å². The predicted molar refractivity (Wildman–Crippen MR) is 97.0 cm³/mol. The molecule has 1 fully saturated rings. The second-order valence-corrected chi connectivity index (χ2v) is 6.67. The van der Waals surface area contributed by atoms with Gasteiger partial charge in [-0.05, 0) is 38.3 Å². The number of alkyl halides is 3. The number of rotatable bonds is 8. The number of hydrogen-bond donors (Lipinski definition) is 2. The number of likely N-dealkylation sites (tertiary alicyclic amines) is 1. The van der Waals surface area contributed by atoms with Crippen molar-refractivity contribution in [2.45, 2.75) is 25.4 Å². The van der Waals surface area contributed by atoms with Crippen molar-refractivity contribution >= 4 is 11.9 Å². The molecule has 0 radical (unpaired) electrons. The average Bonchev–Trinajstić information content (AvgIpc) is 2.56. The van der Waals surface area contributed by atoms with Crippen LogP contribution in [0.1, 0.15) is 19.3 Å². The molecule has 0 unspecified atom stereocenters. The van der Waals surface area contributed by atoms with Crippen LogP contribution in [-0.4, -0.2) is 81.2 Å². The molecule has 1 aliphatic heterocycles. The Kier molecular flexibility index (Phi) is 9.47. The van der Waals surface area contributed by atoms with E-state index in [1.807, 2.05) is 0 Å². The maximum absolute atomic E-state index is 12.4. The third-order valence-corrected chi connectivity index (χ3v) is 4.24. The number of amides is 1. The highest BCUT2D eigenvalue weighted by Gasteiger charge is 2.32. The molecule has 0 saturated carbocycles. The monoisotopic (exact) mass is 377 g/mol. The molecule has 2 N–H and O–H groups in total. The summed E-state index contributed by atoms with van der Waals surface area (Å²) in [5, 5.41) is 6.22. The molecule has 0 bridgehead atoms. The highest BCUT2D eigenvalue weighted by molar-refractivity contribution is 5.84. The van der Waals surface area contributed by atoms with Gasteiger partial charge in [0.1, 0.15) is 6.54 Å². The van der Waals surface area contributed by atoms with Gasteiger partial charge < -0.3 is 15.5 Å². The standard InChI is InChI=1S/C17H30F3N5O/c1-4-8-21-16(23-12-15(26)24(2)3)22-9-5-14-6-10-25(11-7-14)13-17(18,19)20/h4,14H,1,5-13H2,2-3H3,(H2,21,22,23). The van der Waals surface area contributed by atoms with Crippen LogP contribution in [0.25, 0.3) is 0 Å². The van der Waals surface area contributed by atoms with Crippen molar-refractivity contribution in [3.8, 4) is 0 Å². The lowest BCUT2D eigenvalue weighted by atomic mass is 9.93. The second kappa shape index (κ2) is 11.1. The largest absolute Gasteiger partial charge is 0.401 e. The number of halogens is 3. The number of guanidine groups is 1. The van der Waals surface area contributed by atoms with E-state index in [1.54, 1.807) is 20.2 Å². The van der Waals surface area contributed by atoms with Crippen LogP contribution in [0.2, 0.25) is 0 Å². The fourth-order valence-corrected chi connectivity index (χ4v) is 2.71. The van der Waals surface area contributed by atoms with E-state index in [-0.39, 0.29) is 12.5 Å². The summed E-state index contributed by atoms with van der Waals surface area (Å²) < 4.78 is 37.2. The van der Waals surface area contributed by atoms with Crippen molar-refractivity contribution in [1.82, 2.24) is 20.4 Å². The minimum absolute atomic E-state index is 0.0509. The van der Waals surface area contributed by atoms with Gasteiger partial charge in [0.05, 0.1) is 6.54 Å². The van der Waals surface area contributed by atoms with E-state index in [0.717, 1.165) is 19.3 Å². The quantitative estimate of drug-likeness (QED) is 0.382. The van der Waals surface area contributed by atoms with Gasteiger partial charge in [-0.3, -0.25) is 9.69 Å². The molecule has 9 heteroatoms. The molecule has 1 rings (SSSR count). The maximum Gasteiger partial charge on any atom is 0.401 e. The molecule has 0 atom stereocenters. The molecule has 0 aliphatic carbocycles. The first kappa shape index (κ1) is 22.3. The number of likely N-dealkylation sites (N-methyl/N-ethyl adjacent to an activating group) is 1. The van der Waals surface area contributed by atoms with E-state index >= 15 is 0 Å². The van der Waals surface area contributed by atoms with Crippen LogP contribution < -0.4 is 10.6 Å². The van der Waals surface area contributed by atoms with E-state index in [2.05, 4.69) is 22.2 Å². The van der Waals surface area contributed by atoms with Crippen LogP contribution in [0.5, 0.6) is 0 Å². The van der Waals surface area contributed by atoms with Gasteiger partial charge >= 0.3 is 6.18 Å². The Labute approximate surface area is 153 Å². The third kappa shape index (κ3) is 9.65. The van der Waals surface area contributed by atoms with E-state index in [9.17, 15) is 18.0 Å². The summed E-state index contributed by atoms with van der Waals surface area (Å²) in [4.78, 5) is 18.8. The van der Waals surface area contributed by atoms with Gasteiger partial charge in [0.25, 0.3) is 0 Å². The lowest BCUT2D eigenvalue weighted by molar-refractivity contribution is -0.148. The number of piperidine rings is 1. The number of carbonyl (C=O) groups is 1. The van der Waals surface area contributed by atoms with Crippen LogP contribution in [0.15, 0.2) is 17.6 Å². The zero-order chi connectivity index (χ0) is 19.6. The van der Waals surface area contributed by atoms with Crippen molar-refractivity contribution < 1.29 is 18.0 Å². The first-order valence-electron chi connectivity index (χ1n) is 8.83. The Morgan fingerprint density at radius 1 is 1.31 bits per heavy atom. The predicted octanol–water partition coefficient (Wildman–Crippen LogP) is 1.46. The molecule has 1 aliphatic rings. The lowest BCUT2D eigenvalue weighted by Gasteiger charge is -2.32. The molecular weight excluding hydrogens is 347 g/mol. The minimum Gasteiger partial charge on any atom is -0.356 e. The summed E-state index contributed by atoms with van der Waals surface area (Å²) in [5.74, 6) is 0.840. The van der Waals surface area contributed by atoms with E-state index in [0.29, 0.717) is 38.1 Å². The lowest BCUT2D eigenvalue weighted by Crippen LogP contribution is -2.42. The number of hydrogen-bond acceptors (Lipinski definition) is 3. The van der Waals surface area contributed by atoms with Crippen LogP contribution in [0.3, 0.4) is 0 Å². The Morgan fingerprint density at radius 2 is 1.96 bits per heavy atom. The summed E-state index contributed by atoms with van der Waals surface area (Å²) in [6.45, 7) is 5.02. The number of aliphatic imine (C=N–C) groups is 1. The van der Waals surface area contributed by atoms with Gasteiger partial charge in [-0.25, -0.2) is 4.99 Å². The Balaban J connectivity index is 2.35. The van der Waals surface area contributed by atoms with Crippen molar-refractivity contribution in [1.29, 1.82) is 0 Å². The Bertz CT molecular complexity index is 472. The molecule has 0 aromatic rings. The molecule has 1 saturated heterocycles. The zero-order valence-corrected chi connectivity index (χ0v) is 15.6. The fraction of sp³-hybridized carbons (Fsp3) is 0.765. The minimum atomic E-state index is -4.12. The molecule has 0 spiro atoms. The topological polar surface area (TPSA) is 60.0 Å². The molecular formula is C17H30F3N5O. The summed E-state index contributed by atoms with van der Waals surface area (Å²) in [6.07, 6.45) is -0.0366.